The third-order valence-corrected chi connectivity index (χ3v) is 4.51. The molecule has 130 valence electrons. The molecule has 3 aromatic heterocycles. The predicted molar refractivity (Wildman–Crippen MR) is 93.0 cm³/mol. The van der Waals surface area contributed by atoms with Crippen LogP contribution in [-0.4, -0.2) is 40.8 Å². The van der Waals surface area contributed by atoms with Crippen LogP contribution in [0, 0.1) is 26.7 Å². The highest BCUT2D eigenvalue weighted by atomic mass is 15.4. The number of fused-ring (bicyclic) bond motifs is 1. The molecule has 1 aliphatic rings. The predicted octanol–water partition coefficient (Wildman–Crippen LogP) is 1.53. The Kier molecular flexibility index (Phi) is 3.95. The van der Waals surface area contributed by atoms with Crippen LogP contribution >= 0.6 is 0 Å². The van der Waals surface area contributed by atoms with Crippen LogP contribution in [0.3, 0.4) is 0 Å². The van der Waals surface area contributed by atoms with Crippen LogP contribution in [0.2, 0.25) is 0 Å². The molecule has 0 bridgehead atoms. The fourth-order valence-corrected chi connectivity index (χ4v) is 3.34. The van der Waals surface area contributed by atoms with Gasteiger partial charge in [0.05, 0.1) is 6.54 Å². The molecule has 0 fully saturated rings. The summed E-state index contributed by atoms with van der Waals surface area (Å²) in [5, 5.41) is 4.52. The first-order valence-electron chi connectivity index (χ1n) is 8.50. The van der Waals surface area contributed by atoms with Crippen molar-refractivity contribution in [2.45, 2.75) is 40.4 Å². The molecule has 0 radical (unpaired) electrons. The van der Waals surface area contributed by atoms with Gasteiger partial charge in [0, 0.05) is 50.3 Å². The van der Waals surface area contributed by atoms with Crippen LogP contribution in [0.1, 0.15) is 23.0 Å². The van der Waals surface area contributed by atoms with Gasteiger partial charge < -0.3 is 9.47 Å². The first-order chi connectivity index (χ1) is 12.1. The quantitative estimate of drug-likeness (QED) is 0.721. The lowest BCUT2D eigenvalue weighted by Gasteiger charge is -2.24. The Morgan fingerprint density at radius 1 is 1.08 bits per heavy atom. The van der Waals surface area contributed by atoms with Crippen molar-refractivity contribution in [3.05, 3.63) is 47.8 Å². The van der Waals surface area contributed by atoms with Gasteiger partial charge in [0.25, 0.3) is 0 Å². The van der Waals surface area contributed by atoms with Crippen LogP contribution in [0.5, 0.6) is 0 Å². The van der Waals surface area contributed by atoms with E-state index in [1.807, 2.05) is 50.2 Å². The van der Waals surface area contributed by atoms with E-state index in [1.54, 1.807) is 0 Å². The van der Waals surface area contributed by atoms with Crippen molar-refractivity contribution in [3.8, 4) is 0 Å². The molecule has 4 heterocycles. The van der Waals surface area contributed by atoms with Crippen LogP contribution < -0.4 is 4.90 Å². The third-order valence-electron chi connectivity index (χ3n) is 4.51. The van der Waals surface area contributed by atoms with E-state index in [0.717, 1.165) is 48.6 Å². The molecule has 0 spiro atoms. The van der Waals surface area contributed by atoms with Crippen molar-refractivity contribution >= 4 is 5.95 Å². The van der Waals surface area contributed by atoms with Gasteiger partial charge in [-0.25, -0.2) is 24.6 Å². The molecule has 8 heteroatoms. The summed E-state index contributed by atoms with van der Waals surface area (Å²) >= 11 is 0. The van der Waals surface area contributed by atoms with Gasteiger partial charge >= 0.3 is 0 Å². The molecule has 25 heavy (non-hydrogen) atoms. The molecule has 0 saturated carbocycles. The van der Waals surface area contributed by atoms with E-state index in [9.17, 15) is 0 Å². The second-order valence-corrected chi connectivity index (χ2v) is 6.69. The number of hydrogen-bond donors (Lipinski definition) is 0. The van der Waals surface area contributed by atoms with Gasteiger partial charge in [-0.15, -0.1) is 0 Å². The standard InChI is InChI=1S/C17H22N8/c1-12-6-19-17(20-7-12)24-9-15(8-23-5-4-18-16(23)11-24)10-25-14(3)21-13(2)22-25/h4-7,15H,8-11H2,1-3H3. The number of rotatable bonds is 3. The van der Waals surface area contributed by atoms with Gasteiger partial charge in [-0.1, -0.05) is 0 Å². The minimum Gasteiger partial charge on any atom is -0.333 e. The molecule has 0 aliphatic carbocycles. The number of anilines is 1. The van der Waals surface area contributed by atoms with E-state index in [4.69, 9.17) is 0 Å². The molecule has 0 aromatic carbocycles. The van der Waals surface area contributed by atoms with Crippen LogP contribution in [-0.2, 0) is 19.6 Å². The Balaban J connectivity index is 1.63. The van der Waals surface area contributed by atoms with Crippen molar-refractivity contribution in [3.63, 3.8) is 0 Å². The Labute approximate surface area is 146 Å². The molecule has 0 amide bonds. The third kappa shape index (κ3) is 3.24. The highest BCUT2D eigenvalue weighted by molar-refractivity contribution is 5.31. The number of aryl methyl sites for hydroxylation is 3. The van der Waals surface area contributed by atoms with Gasteiger partial charge in [0.1, 0.15) is 17.5 Å². The monoisotopic (exact) mass is 338 g/mol. The molecular formula is C17H22N8. The van der Waals surface area contributed by atoms with E-state index < -0.39 is 0 Å². The highest BCUT2D eigenvalue weighted by Crippen LogP contribution is 2.20. The molecule has 1 atom stereocenters. The number of nitrogens with zero attached hydrogens (tertiary/aromatic N) is 8. The van der Waals surface area contributed by atoms with E-state index >= 15 is 0 Å². The summed E-state index contributed by atoms with van der Waals surface area (Å²) in [7, 11) is 0. The largest absolute Gasteiger partial charge is 0.333 e. The molecular weight excluding hydrogens is 316 g/mol. The SMILES string of the molecule is Cc1cnc(N2Cc3nccn3CC(Cn3nc(C)nc3C)C2)nc1. The minimum atomic E-state index is 0.361. The van der Waals surface area contributed by atoms with Crippen molar-refractivity contribution in [2.75, 3.05) is 11.4 Å². The summed E-state index contributed by atoms with van der Waals surface area (Å²) in [6, 6.07) is 0. The maximum atomic E-state index is 4.52. The fraction of sp³-hybridized carbons (Fsp3) is 0.471. The van der Waals surface area contributed by atoms with Crippen molar-refractivity contribution in [1.29, 1.82) is 0 Å². The zero-order valence-electron chi connectivity index (χ0n) is 14.8. The zero-order valence-corrected chi connectivity index (χ0v) is 14.8. The lowest BCUT2D eigenvalue weighted by Crippen LogP contribution is -2.31. The molecule has 3 aromatic rings. The topological polar surface area (TPSA) is 77.5 Å². The molecule has 8 nitrogen and oxygen atoms in total. The second kappa shape index (κ2) is 6.27. The average Bonchev–Trinajstić information content (AvgIpc) is 3.09. The maximum absolute atomic E-state index is 4.52. The smallest absolute Gasteiger partial charge is 0.225 e. The van der Waals surface area contributed by atoms with Gasteiger partial charge in [0.15, 0.2) is 0 Å². The summed E-state index contributed by atoms with van der Waals surface area (Å²) < 4.78 is 4.22. The second-order valence-electron chi connectivity index (χ2n) is 6.69. The zero-order chi connectivity index (χ0) is 17.4. The van der Waals surface area contributed by atoms with Gasteiger partial charge in [-0.3, -0.25) is 0 Å². The summed E-state index contributed by atoms with van der Waals surface area (Å²) in [6.45, 7) is 9.20. The van der Waals surface area contributed by atoms with Crippen LogP contribution in [0.15, 0.2) is 24.8 Å². The summed E-state index contributed by atoms with van der Waals surface area (Å²) in [4.78, 5) is 20.1. The lowest BCUT2D eigenvalue weighted by molar-refractivity contribution is 0.373. The Morgan fingerprint density at radius 3 is 2.60 bits per heavy atom. The van der Waals surface area contributed by atoms with E-state index in [2.05, 4.69) is 34.5 Å². The number of hydrogen-bond acceptors (Lipinski definition) is 6. The Morgan fingerprint density at radius 2 is 1.88 bits per heavy atom. The van der Waals surface area contributed by atoms with Gasteiger partial charge in [-0.2, -0.15) is 5.10 Å². The molecule has 0 N–H and O–H groups in total. The van der Waals surface area contributed by atoms with Crippen LogP contribution in [0.25, 0.3) is 0 Å². The molecule has 1 aliphatic heterocycles. The molecule has 0 saturated heterocycles. The minimum absolute atomic E-state index is 0.361. The van der Waals surface area contributed by atoms with Crippen molar-refractivity contribution < 1.29 is 0 Å². The Bertz CT molecular complexity index is 863. The number of imidazole rings is 1. The summed E-state index contributed by atoms with van der Waals surface area (Å²) in [5.41, 5.74) is 1.06. The normalized spacial score (nSPS) is 17.4. The maximum Gasteiger partial charge on any atom is 0.225 e. The van der Waals surface area contributed by atoms with Gasteiger partial charge in [0.2, 0.25) is 5.95 Å². The lowest BCUT2D eigenvalue weighted by atomic mass is 10.1. The first kappa shape index (κ1) is 15.7. The van der Waals surface area contributed by atoms with Crippen LogP contribution in [0.4, 0.5) is 5.95 Å². The summed E-state index contributed by atoms with van der Waals surface area (Å²) in [5.74, 6) is 3.91. The van der Waals surface area contributed by atoms with Crippen molar-refractivity contribution in [1.82, 2.24) is 34.3 Å². The molecule has 4 rings (SSSR count). The number of aromatic nitrogens is 7. The van der Waals surface area contributed by atoms with E-state index in [0.29, 0.717) is 12.5 Å². The van der Waals surface area contributed by atoms with Gasteiger partial charge in [-0.05, 0) is 26.3 Å². The van der Waals surface area contributed by atoms with E-state index in [1.165, 1.54) is 0 Å². The average molecular weight is 338 g/mol. The summed E-state index contributed by atoms with van der Waals surface area (Å²) in [6.07, 6.45) is 7.62. The Hall–Kier alpha value is -2.77. The molecule has 1 unspecified atom stereocenters. The van der Waals surface area contributed by atoms with Crippen molar-refractivity contribution in [2.24, 2.45) is 5.92 Å². The van der Waals surface area contributed by atoms with E-state index in [-0.39, 0.29) is 0 Å². The highest BCUT2D eigenvalue weighted by Gasteiger charge is 2.25. The first-order valence-corrected chi connectivity index (χ1v) is 8.50. The fourth-order valence-electron chi connectivity index (χ4n) is 3.34.